The number of aromatic amines is 1. The minimum atomic E-state index is -0.0866. The molecule has 0 aromatic carbocycles. The Kier molecular flexibility index (Phi) is 6.63. The summed E-state index contributed by atoms with van der Waals surface area (Å²) in [5.41, 5.74) is 3.04. The first-order chi connectivity index (χ1) is 17.6. The zero-order valence-corrected chi connectivity index (χ0v) is 20.2. The number of ether oxygens (including phenoxy) is 2. The van der Waals surface area contributed by atoms with Crippen molar-refractivity contribution in [3.63, 3.8) is 0 Å². The number of H-pyrrole nitrogens is 1. The van der Waals surface area contributed by atoms with Crippen LogP contribution in [0.3, 0.4) is 0 Å². The minimum Gasteiger partial charge on any atom is -0.477 e. The number of likely N-dealkylation sites (tertiary alicyclic amines) is 1. The second kappa shape index (κ2) is 10.2. The van der Waals surface area contributed by atoms with E-state index in [1.165, 1.54) is 6.08 Å². The maximum absolute atomic E-state index is 12.1. The van der Waals surface area contributed by atoms with E-state index >= 15 is 0 Å². The molecule has 2 N–H and O–H groups in total. The van der Waals surface area contributed by atoms with E-state index in [4.69, 9.17) is 9.47 Å². The Hall–Kier alpha value is -4.25. The summed E-state index contributed by atoms with van der Waals surface area (Å²) in [6.45, 7) is 5.13. The molecule has 0 spiro atoms. The van der Waals surface area contributed by atoms with Crippen molar-refractivity contribution in [3.8, 4) is 17.1 Å². The van der Waals surface area contributed by atoms with Crippen LogP contribution in [0.15, 0.2) is 55.6 Å². The van der Waals surface area contributed by atoms with Crippen molar-refractivity contribution >= 4 is 28.6 Å². The third kappa shape index (κ3) is 4.78. The predicted octanol–water partition coefficient (Wildman–Crippen LogP) is 2.93. The number of rotatable bonds is 9. The van der Waals surface area contributed by atoms with Gasteiger partial charge in [0.1, 0.15) is 5.65 Å². The van der Waals surface area contributed by atoms with Gasteiger partial charge in [-0.2, -0.15) is 15.1 Å². The number of nitrogens with zero attached hydrogens (tertiary/aromatic N) is 6. The van der Waals surface area contributed by atoms with E-state index in [0.29, 0.717) is 43.6 Å². The lowest BCUT2D eigenvalue weighted by molar-refractivity contribution is -0.125. The van der Waals surface area contributed by atoms with Crippen LogP contribution in [0.5, 0.6) is 5.88 Å². The van der Waals surface area contributed by atoms with Crippen LogP contribution in [0.25, 0.3) is 22.3 Å². The van der Waals surface area contributed by atoms with Gasteiger partial charge in [-0.25, -0.2) is 0 Å². The first-order valence-electron chi connectivity index (χ1n) is 11.7. The summed E-state index contributed by atoms with van der Waals surface area (Å²) >= 11 is 0. The zero-order valence-electron chi connectivity index (χ0n) is 20.2. The molecule has 1 saturated heterocycles. The molecule has 186 valence electrons. The fraction of sp³-hybridized carbons (Fsp3) is 0.320. The molecule has 0 aliphatic carbocycles. The molecule has 1 aliphatic rings. The normalized spacial score (nSPS) is 17.4. The molecule has 0 unspecified atom stereocenters. The van der Waals surface area contributed by atoms with Crippen molar-refractivity contribution in [1.82, 2.24) is 34.6 Å². The number of amides is 1. The largest absolute Gasteiger partial charge is 0.477 e. The van der Waals surface area contributed by atoms with Crippen LogP contribution in [-0.2, 0) is 16.6 Å². The van der Waals surface area contributed by atoms with Crippen LogP contribution >= 0.6 is 0 Å². The van der Waals surface area contributed by atoms with Gasteiger partial charge in [-0.15, -0.1) is 0 Å². The molecule has 1 fully saturated rings. The maximum atomic E-state index is 12.1. The molecule has 1 amide bonds. The van der Waals surface area contributed by atoms with Crippen LogP contribution in [0.1, 0.15) is 6.42 Å². The van der Waals surface area contributed by atoms with Crippen molar-refractivity contribution in [1.29, 1.82) is 0 Å². The Morgan fingerprint density at radius 1 is 1.33 bits per heavy atom. The van der Waals surface area contributed by atoms with Gasteiger partial charge < -0.3 is 24.7 Å². The van der Waals surface area contributed by atoms with Crippen LogP contribution in [0.4, 0.5) is 11.6 Å². The summed E-state index contributed by atoms with van der Waals surface area (Å²) in [5, 5.41) is 8.12. The van der Waals surface area contributed by atoms with Gasteiger partial charge in [0.15, 0.2) is 0 Å². The molecule has 5 heterocycles. The fourth-order valence-electron chi connectivity index (χ4n) is 4.50. The van der Waals surface area contributed by atoms with E-state index in [0.717, 1.165) is 22.3 Å². The van der Waals surface area contributed by atoms with E-state index in [2.05, 4.69) is 36.9 Å². The predicted molar refractivity (Wildman–Crippen MR) is 135 cm³/mol. The lowest BCUT2D eigenvalue weighted by atomic mass is 10.0. The van der Waals surface area contributed by atoms with Crippen LogP contribution in [-0.4, -0.2) is 73.4 Å². The van der Waals surface area contributed by atoms with E-state index in [1.807, 2.05) is 37.6 Å². The van der Waals surface area contributed by atoms with Gasteiger partial charge in [0.25, 0.3) is 0 Å². The van der Waals surface area contributed by atoms with E-state index in [9.17, 15) is 4.79 Å². The van der Waals surface area contributed by atoms with Crippen molar-refractivity contribution in [2.45, 2.75) is 12.5 Å². The Balaban J connectivity index is 1.41. The lowest BCUT2D eigenvalue weighted by Crippen LogP contribution is -2.28. The van der Waals surface area contributed by atoms with Gasteiger partial charge >= 0.3 is 0 Å². The molecule has 11 nitrogen and oxygen atoms in total. The Morgan fingerprint density at radius 2 is 2.22 bits per heavy atom. The van der Waals surface area contributed by atoms with E-state index in [1.54, 1.807) is 29.1 Å². The average Bonchev–Trinajstić information content (AvgIpc) is 3.62. The Bertz CT molecular complexity index is 1370. The standard InChI is InChI=1S/C25H28N8O3/c1-4-21(34)33-13-16(20(15-33)35-3)8-10-36-24-22-18(19-7-5-6-9-26-19)12-27-23(22)30-25(31-24)29-17-11-28-32(2)14-17/h4-7,9,11-12,14,16,20H,1,8,10,13,15H2,2-3H3,(H2,27,29,30,31)/t16-,20-/m1/s1. The number of hydrogen-bond acceptors (Lipinski definition) is 8. The first-order valence-corrected chi connectivity index (χ1v) is 11.7. The highest BCUT2D eigenvalue weighted by atomic mass is 16.5. The number of carbonyl (C=O) groups is 1. The number of hydrogen-bond donors (Lipinski definition) is 2. The summed E-state index contributed by atoms with van der Waals surface area (Å²) in [6.07, 6.45) is 9.12. The molecule has 0 radical (unpaired) electrons. The summed E-state index contributed by atoms with van der Waals surface area (Å²) in [4.78, 5) is 30.9. The van der Waals surface area contributed by atoms with Gasteiger partial charge in [0.05, 0.1) is 35.7 Å². The van der Waals surface area contributed by atoms with Gasteiger partial charge in [-0.3, -0.25) is 14.5 Å². The number of pyridine rings is 1. The summed E-state index contributed by atoms with van der Waals surface area (Å²) in [7, 11) is 3.51. The van der Waals surface area contributed by atoms with E-state index < -0.39 is 0 Å². The van der Waals surface area contributed by atoms with Crippen molar-refractivity contribution in [3.05, 3.63) is 55.6 Å². The molecular weight excluding hydrogens is 460 g/mol. The highest BCUT2D eigenvalue weighted by Crippen LogP contribution is 2.34. The van der Waals surface area contributed by atoms with Crippen LogP contribution < -0.4 is 10.1 Å². The molecule has 1 aliphatic heterocycles. The second-order valence-electron chi connectivity index (χ2n) is 8.64. The van der Waals surface area contributed by atoms with Gasteiger partial charge in [0.2, 0.25) is 17.7 Å². The molecule has 4 aromatic heterocycles. The average molecular weight is 489 g/mol. The number of fused-ring (bicyclic) bond motifs is 1. The summed E-state index contributed by atoms with van der Waals surface area (Å²) in [5.74, 6) is 0.889. The smallest absolute Gasteiger partial charge is 0.246 e. The lowest BCUT2D eigenvalue weighted by Gasteiger charge is -2.17. The van der Waals surface area contributed by atoms with Gasteiger partial charge in [-0.1, -0.05) is 12.6 Å². The highest BCUT2D eigenvalue weighted by molar-refractivity contribution is 5.97. The molecule has 11 heteroatoms. The molecule has 5 rings (SSSR count). The number of nitrogens with one attached hydrogen (secondary N) is 2. The third-order valence-corrected chi connectivity index (χ3v) is 6.30. The number of aromatic nitrogens is 6. The second-order valence-corrected chi connectivity index (χ2v) is 8.64. The van der Waals surface area contributed by atoms with Gasteiger partial charge in [-0.05, 0) is 24.6 Å². The number of carbonyl (C=O) groups excluding carboxylic acids is 1. The SMILES string of the molecule is C=CC(=O)N1C[C@@H](CCOc2nc(Nc3cnn(C)c3)nc3[nH]cc(-c4ccccn4)c23)[C@H](OC)C1. The van der Waals surface area contributed by atoms with Gasteiger partial charge in [0, 0.05) is 57.3 Å². The van der Waals surface area contributed by atoms with Crippen molar-refractivity contribution in [2.24, 2.45) is 13.0 Å². The van der Waals surface area contributed by atoms with Crippen LogP contribution in [0.2, 0.25) is 0 Å². The Morgan fingerprint density at radius 3 is 2.94 bits per heavy atom. The van der Waals surface area contributed by atoms with Crippen molar-refractivity contribution in [2.75, 3.05) is 32.1 Å². The molecule has 2 atom stereocenters. The first kappa shape index (κ1) is 23.5. The number of methoxy groups -OCH3 is 1. The quantitative estimate of drug-likeness (QED) is 0.345. The molecule has 36 heavy (non-hydrogen) atoms. The van der Waals surface area contributed by atoms with Crippen molar-refractivity contribution < 1.29 is 14.3 Å². The summed E-state index contributed by atoms with van der Waals surface area (Å²) < 4.78 is 13.6. The molecular formula is C25H28N8O3. The summed E-state index contributed by atoms with van der Waals surface area (Å²) in [6, 6.07) is 5.74. The minimum absolute atomic E-state index is 0.0536. The number of anilines is 2. The fourth-order valence-corrected chi connectivity index (χ4v) is 4.50. The zero-order chi connectivity index (χ0) is 25.1. The third-order valence-electron chi connectivity index (χ3n) is 6.30. The molecule has 0 saturated carbocycles. The topological polar surface area (TPSA) is 123 Å². The maximum Gasteiger partial charge on any atom is 0.246 e. The van der Waals surface area contributed by atoms with E-state index in [-0.39, 0.29) is 17.9 Å². The number of aryl methyl sites for hydroxylation is 1. The highest BCUT2D eigenvalue weighted by Gasteiger charge is 2.34. The monoisotopic (exact) mass is 488 g/mol. The Labute approximate surface area is 208 Å². The van der Waals surface area contributed by atoms with Crippen LogP contribution in [0, 0.1) is 5.92 Å². The molecule has 0 bridgehead atoms. The molecule has 4 aromatic rings.